The van der Waals surface area contributed by atoms with Crippen molar-refractivity contribution in [2.75, 3.05) is 7.11 Å². The lowest BCUT2D eigenvalue weighted by atomic mass is 9.87. The average molecular weight is 428 g/mol. The molecule has 3 heteroatoms. The summed E-state index contributed by atoms with van der Waals surface area (Å²) < 4.78 is 5.44. The first kappa shape index (κ1) is 19.3. The van der Waals surface area contributed by atoms with E-state index < -0.39 is 0 Å². The van der Waals surface area contributed by atoms with E-state index in [1.807, 2.05) is 36.4 Å². The Labute approximate surface area is 190 Å². The molecule has 0 heterocycles. The number of rotatable bonds is 4. The minimum absolute atomic E-state index is 0.00601. The molecule has 0 fully saturated rings. The van der Waals surface area contributed by atoms with Crippen LogP contribution in [-0.2, 0) is 0 Å². The van der Waals surface area contributed by atoms with Gasteiger partial charge in [0.15, 0.2) is 5.78 Å². The number of para-hydroxylation sites is 1. The summed E-state index contributed by atoms with van der Waals surface area (Å²) >= 11 is 0. The highest BCUT2D eigenvalue weighted by molar-refractivity contribution is 6.30. The van der Waals surface area contributed by atoms with Gasteiger partial charge in [-0.25, -0.2) is 0 Å². The SMILES string of the molecule is COc1cccc(-c2ccc3ccc4ccc(C(=O)c5ccccc5O)c5ccc2c3c45)c1. The van der Waals surface area contributed by atoms with Crippen molar-refractivity contribution in [1.82, 2.24) is 0 Å². The molecule has 1 N–H and O–H groups in total. The lowest BCUT2D eigenvalue weighted by Gasteiger charge is -2.16. The Balaban J connectivity index is 1.66. The topological polar surface area (TPSA) is 46.5 Å². The second kappa shape index (κ2) is 7.35. The van der Waals surface area contributed by atoms with Gasteiger partial charge in [-0.15, -0.1) is 0 Å². The number of aromatic hydroxyl groups is 1. The minimum atomic E-state index is -0.181. The lowest BCUT2D eigenvalue weighted by Crippen LogP contribution is -2.03. The first-order valence-electron chi connectivity index (χ1n) is 10.8. The van der Waals surface area contributed by atoms with Gasteiger partial charge in [-0.2, -0.15) is 0 Å². The number of phenols is 1. The van der Waals surface area contributed by atoms with Gasteiger partial charge in [-0.3, -0.25) is 4.79 Å². The van der Waals surface area contributed by atoms with E-state index in [0.717, 1.165) is 49.2 Å². The van der Waals surface area contributed by atoms with E-state index in [1.165, 1.54) is 0 Å². The Morgan fingerprint density at radius 3 is 2.18 bits per heavy atom. The van der Waals surface area contributed by atoms with E-state index >= 15 is 0 Å². The zero-order valence-corrected chi connectivity index (χ0v) is 18.0. The van der Waals surface area contributed by atoms with Gasteiger partial charge in [0.05, 0.1) is 12.7 Å². The molecule has 0 spiro atoms. The fraction of sp³-hybridized carbons (Fsp3) is 0.0333. The Kier molecular flexibility index (Phi) is 4.30. The number of phenolic OH excluding ortho intramolecular Hbond substituents is 1. The molecular weight excluding hydrogens is 408 g/mol. The van der Waals surface area contributed by atoms with E-state index in [4.69, 9.17) is 4.74 Å². The van der Waals surface area contributed by atoms with E-state index in [0.29, 0.717) is 11.1 Å². The van der Waals surface area contributed by atoms with Crippen LogP contribution in [0.5, 0.6) is 11.5 Å². The van der Waals surface area contributed by atoms with Gasteiger partial charge in [0.1, 0.15) is 11.5 Å². The van der Waals surface area contributed by atoms with Crippen LogP contribution in [0.4, 0.5) is 0 Å². The molecule has 158 valence electrons. The minimum Gasteiger partial charge on any atom is -0.507 e. The van der Waals surface area contributed by atoms with Crippen LogP contribution in [0.3, 0.4) is 0 Å². The summed E-state index contributed by atoms with van der Waals surface area (Å²) in [7, 11) is 1.67. The molecule has 6 aromatic carbocycles. The van der Waals surface area contributed by atoms with Crippen LogP contribution in [0.2, 0.25) is 0 Å². The van der Waals surface area contributed by atoms with Gasteiger partial charge in [-0.05, 0) is 73.8 Å². The number of hydrogen-bond donors (Lipinski definition) is 1. The lowest BCUT2D eigenvalue weighted by molar-refractivity contribution is 0.103. The zero-order valence-electron chi connectivity index (χ0n) is 18.0. The largest absolute Gasteiger partial charge is 0.507 e. The van der Waals surface area contributed by atoms with Gasteiger partial charge < -0.3 is 9.84 Å². The maximum absolute atomic E-state index is 13.4. The summed E-state index contributed by atoms with van der Waals surface area (Å²) in [4.78, 5) is 13.4. The van der Waals surface area contributed by atoms with Crippen LogP contribution in [0.25, 0.3) is 43.4 Å². The van der Waals surface area contributed by atoms with Crippen LogP contribution < -0.4 is 4.74 Å². The number of carbonyl (C=O) groups excluding carboxylic acids is 1. The molecule has 0 bridgehead atoms. The number of ether oxygens (including phenoxy) is 1. The normalized spacial score (nSPS) is 11.4. The molecule has 33 heavy (non-hydrogen) atoms. The number of benzene rings is 6. The van der Waals surface area contributed by atoms with Gasteiger partial charge in [0.2, 0.25) is 0 Å². The third-order valence-electron chi connectivity index (χ3n) is 6.44. The smallest absolute Gasteiger partial charge is 0.197 e. The second-order valence-electron chi connectivity index (χ2n) is 8.23. The van der Waals surface area contributed by atoms with E-state index in [2.05, 4.69) is 36.4 Å². The van der Waals surface area contributed by atoms with Crippen molar-refractivity contribution in [1.29, 1.82) is 0 Å². The van der Waals surface area contributed by atoms with Crippen molar-refractivity contribution >= 4 is 38.1 Å². The summed E-state index contributed by atoms with van der Waals surface area (Å²) in [6.07, 6.45) is 0. The molecule has 0 aliphatic rings. The molecule has 0 aliphatic heterocycles. The summed E-state index contributed by atoms with van der Waals surface area (Å²) in [5, 5.41) is 16.7. The summed E-state index contributed by atoms with van der Waals surface area (Å²) in [6.45, 7) is 0. The Morgan fingerprint density at radius 1 is 0.697 bits per heavy atom. The fourth-order valence-electron chi connectivity index (χ4n) is 4.85. The number of methoxy groups -OCH3 is 1. The molecule has 3 nitrogen and oxygen atoms in total. The quantitative estimate of drug-likeness (QED) is 0.239. The van der Waals surface area contributed by atoms with Crippen molar-refractivity contribution in [3.63, 3.8) is 0 Å². The highest BCUT2D eigenvalue weighted by Crippen LogP contribution is 2.41. The maximum atomic E-state index is 13.4. The number of carbonyl (C=O) groups is 1. The Bertz CT molecular complexity index is 1680. The van der Waals surface area contributed by atoms with Crippen molar-refractivity contribution < 1.29 is 14.6 Å². The highest BCUT2D eigenvalue weighted by Gasteiger charge is 2.19. The molecule has 0 radical (unpaired) electrons. The molecule has 6 rings (SSSR count). The van der Waals surface area contributed by atoms with Gasteiger partial charge >= 0.3 is 0 Å². The zero-order chi connectivity index (χ0) is 22.5. The van der Waals surface area contributed by atoms with Crippen LogP contribution in [-0.4, -0.2) is 18.0 Å². The predicted molar refractivity (Wildman–Crippen MR) is 134 cm³/mol. The second-order valence-corrected chi connectivity index (χ2v) is 8.23. The van der Waals surface area contributed by atoms with Crippen molar-refractivity contribution in [3.8, 4) is 22.6 Å². The van der Waals surface area contributed by atoms with Crippen molar-refractivity contribution in [3.05, 3.63) is 108 Å². The van der Waals surface area contributed by atoms with Crippen LogP contribution in [0.1, 0.15) is 15.9 Å². The molecule has 0 aliphatic carbocycles. The number of hydrogen-bond acceptors (Lipinski definition) is 3. The van der Waals surface area contributed by atoms with Crippen LogP contribution >= 0.6 is 0 Å². The van der Waals surface area contributed by atoms with E-state index in [9.17, 15) is 9.90 Å². The summed E-state index contributed by atoms with van der Waals surface area (Å²) in [5.41, 5.74) is 3.10. The molecule has 6 aromatic rings. The standard InChI is InChI=1S/C30H20O3/c1-33-21-6-4-5-20(17-21)22-13-11-18-9-10-19-12-14-25(24-16-15-23(22)28(18)29(19)24)30(32)26-7-2-3-8-27(26)31/h2-17,31H,1H3. The average Bonchev–Trinajstić information content (AvgIpc) is 2.87. The summed E-state index contributed by atoms with van der Waals surface area (Å²) in [5.74, 6) is 0.626. The summed E-state index contributed by atoms with van der Waals surface area (Å²) in [6, 6.07) is 31.2. The van der Waals surface area contributed by atoms with Gasteiger partial charge in [0, 0.05) is 5.56 Å². The molecule has 0 saturated carbocycles. The van der Waals surface area contributed by atoms with Crippen LogP contribution in [0, 0.1) is 0 Å². The molecule has 0 unspecified atom stereocenters. The van der Waals surface area contributed by atoms with Crippen molar-refractivity contribution in [2.45, 2.75) is 0 Å². The van der Waals surface area contributed by atoms with Gasteiger partial charge in [0.25, 0.3) is 0 Å². The maximum Gasteiger partial charge on any atom is 0.197 e. The predicted octanol–water partition coefficient (Wildman–Crippen LogP) is 7.20. The number of ketones is 1. The van der Waals surface area contributed by atoms with Crippen LogP contribution in [0.15, 0.2) is 97.1 Å². The first-order chi connectivity index (χ1) is 16.2. The molecule has 0 amide bonds. The first-order valence-corrected chi connectivity index (χ1v) is 10.8. The highest BCUT2D eigenvalue weighted by atomic mass is 16.5. The monoisotopic (exact) mass is 428 g/mol. The van der Waals surface area contributed by atoms with Crippen molar-refractivity contribution in [2.24, 2.45) is 0 Å². The van der Waals surface area contributed by atoms with Gasteiger partial charge in [-0.1, -0.05) is 66.7 Å². The molecule has 0 saturated heterocycles. The molecule has 0 aromatic heterocycles. The molecule has 0 atom stereocenters. The fourth-order valence-corrected chi connectivity index (χ4v) is 4.85. The Hall–Kier alpha value is -4.37. The van der Waals surface area contributed by atoms with E-state index in [1.54, 1.807) is 31.4 Å². The Morgan fingerprint density at radius 2 is 1.39 bits per heavy atom. The third-order valence-corrected chi connectivity index (χ3v) is 6.44. The molecular formula is C30H20O3. The van der Waals surface area contributed by atoms with E-state index in [-0.39, 0.29) is 11.5 Å². The third kappa shape index (κ3) is 2.94.